The van der Waals surface area contributed by atoms with Gasteiger partial charge in [-0.2, -0.15) is 0 Å². The SMILES string of the molecule is Cc1nonc1COC(=O)C(C)c1cccc(N)c1. The van der Waals surface area contributed by atoms with Crippen LogP contribution in [0.25, 0.3) is 0 Å². The summed E-state index contributed by atoms with van der Waals surface area (Å²) in [5.41, 5.74) is 8.26. The number of ether oxygens (including phenoxy) is 1. The Morgan fingerprint density at radius 3 is 2.89 bits per heavy atom. The summed E-state index contributed by atoms with van der Waals surface area (Å²) in [6.45, 7) is 3.56. The third kappa shape index (κ3) is 3.09. The fourth-order valence-corrected chi connectivity index (χ4v) is 1.61. The second-order valence-corrected chi connectivity index (χ2v) is 4.30. The zero-order valence-electron chi connectivity index (χ0n) is 10.8. The van der Waals surface area contributed by atoms with E-state index in [1.54, 1.807) is 32.0 Å². The summed E-state index contributed by atoms with van der Waals surface area (Å²) in [6, 6.07) is 7.17. The van der Waals surface area contributed by atoms with Crippen molar-refractivity contribution in [1.82, 2.24) is 10.3 Å². The lowest BCUT2D eigenvalue weighted by molar-refractivity contribution is -0.146. The number of nitrogens with zero attached hydrogens (tertiary/aromatic N) is 2. The zero-order valence-corrected chi connectivity index (χ0v) is 10.8. The lowest BCUT2D eigenvalue weighted by Gasteiger charge is -2.11. The predicted octanol–water partition coefficient (Wildman–Crippen LogP) is 1.81. The Hall–Kier alpha value is -2.37. The van der Waals surface area contributed by atoms with Crippen LogP contribution >= 0.6 is 0 Å². The maximum absolute atomic E-state index is 11.9. The van der Waals surface area contributed by atoms with Gasteiger partial charge in [0.25, 0.3) is 0 Å². The van der Waals surface area contributed by atoms with E-state index in [0.717, 1.165) is 5.56 Å². The molecule has 0 saturated carbocycles. The molecule has 2 aromatic rings. The van der Waals surface area contributed by atoms with E-state index < -0.39 is 0 Å². The van der Waals surface area contributed by atoms with Crippen LogP contribution in [0.4, 0.5) is 5.69 Å². The van der Waals surface area contributed by atoms with E-state index in [-0.39, 0.29) is 18.5 Å². The van der Waals surface area contributed by atoms with Crippen LogP contribution in [0, 0.1) is 6.92 Å². The highest BCUT2D eigenvalue weighted by Gasteiger charge is 2.18. The molecule has 19 heavy (non-hydrogen) atoms. The molecule has 1 unspecified atom stereocenters. The van der Waals surface area contributed by atoms with Crippen LogP contribution in [-0.4, -0.2) is 16.3 Å². The molecule has 6 nitrogen and oxygen atoms in total. The number of nitrogen functional groups attached to an aromatic ring is 1. The molecular formula is C13H15N3O3. The predicted molar refractivity (Wildman–Crippen MR) is 68.1 cm³/mol. The van der Waals surface area contributed by atoms with Crippen LogP contribution in [0.1, 0.15) is 29.8 Å². The number of aromatic nitrogens is 2. The van der Waals surface area contributed by atoms with Gasteiger partial charge in [0, 0.05) is 5.69 Å². The van der Waals surface area contributed by atoms with E-state index in [0.29, 0.717) is 17.1 Å². The highest BCUT2D eigenvalue weighted by atomic mass is 16.6. The van der Waals surface area contributed by atoms with Gasteiger partial charge in [-0.25, -0.2) is 4.63 Å². The maximum atomic E-state index is 11.9. The van der Waals surface area contributed by atoms with Crippen molar-refractivity contribution in [3.63, 3.8) is 0 Å². The van der Waals surface area contributed by atoms with Crippen LogP contribution in [0.5, 0.6) is 0 Å². The van der Waals surface area contributed by atoms with E-state index in [9.17, 15) is 4.79 Å². The highest BCUT2D eigenvalue weighted by Crippen LogP contribution is 2.19. The van der Waals surface area contributed by atoms with E-state index in [1.165, 1.54) is 0 Å². The first-order chi connectivity index (χ1) is 9.08. The van der Waals surface area contributed by atoms with Gasteiger partial charge in [-0.3, -0.25) is 4.79 Å². The number of aryl methyl sites for hydroxylation is 1. The van der Waals surface area contributed by atoms with Crippen LogP contribution < -0.4 is 5.73 Å². The molecular weight excluding hydrogens is 246 g/mol. The van der Waals surface area contributed by atoms with Crippen LogP contribution in [0.3, 0.4) is 0 Å². The van der Waals surface area contributed by atoms with Crippen LogP contribution in [0.15, 0.2) is 28.9 Å². The van der Waals surface area contributed by atoms with Gasteiger partial charge in [0.05, 0.1) is 5.92 Å². The van der Waals surface area contributed by atoms with E-state index >= 15 is 0 Å². The first-order valence-corrected chi connectivity index (χ1v) is 5.88. The first kappa shape index (κ1) is 13.1. The van der Waals surface area contributed by atoms with Crippen molar-refractivity contribution in [1.29, 1.82) is 0 Å². The fraction of sp³-hybridized carbons (Fsp3) is 0.308. The van der Waals surface area contributed by atoms with Crippen molar-refractivity contribution in [2.45, 2.75) is 26.4 Å². The summed E-state index contributed by atoms with van der Waals surface area (Å²) in [4.78, 5) is 11.9. The third-order valence-electron chi connectivity index (χ3n) is 2.86. The fourth-order valence-electron chi connectivity index (χ4n) is 1.61. The summed E-state index contributed by atoms with van der Waals surface area (Å²) in [5, 5.41) is 7.27. The Bertz CT molecular complexity index is 580. The van der Waals surface area contributed by atoms with Crippen molar-refractivity contribution in [3.8, 4) is 0 Å². The minimum Gasteiger partial charge on any atom is -0.459 e. The van der Waals surface area contributed by atoms with E-state index in [4.69, 9.17) is 10.5 Å². The monoisotopic (exact) mass is 261 g/mol. The van der Waals surface area contributed by atoms with Gasteiger partial charge >= 0.3 is 5.97 Å². The molecule has 2 rings (SSSR count). The summed E-state index contributed by atoms with van der Waals surface area (Å²) >= 11 is 0. The number of anilines is 1. The minimum absolute atomic E-state index is 0.0564. The molecule has 0 aliphatic carbocycles. The molecule has 1 aromatic carbocycles. The van der Waals surface area contributed by atoms with Crippen molar-refractivity contribution < 1.29 is 14.2 Å². The summed E-state index contributed by atoms with van der Waals surface area (Å²) < 4.78 is 9.71. The number of nitrogens with two attached hydrogens (primary N) is 1. The Kier molecular flexibility index (Phi) is 3.79. The summed E-state index contributed by atoms with van der Waals surface area (Å²) in [5.74, 6) is -0.725. The zero-order chi connectivity index (χ0) is 13.8. The molecule has 0 aliphatic heterocycles. The summed E-state index contributed by atoms with van der Waals surface area (Å²) in [6.07, 6.45) is 0. The van der Waals surface area contributed by atoms with Crippen molar-refractivity contribution in [3.05, 3.63) is 41.2 Å². The smallest absolute Gasteiger partial charge is 0.313 e. The molecule has 0 spiro atoms. The van der Waals surface area contributed by atoms with Gasteiger partial charge in [-0.05, 0) is 31.5 Å². The first-order valence-electron chi connectivity index (χ1n) is 5.88. The molecule has 0 amide bonds. The summed E-state index contributed by atoms with van der Waals surface area (Å²) in [7, 11) is 0. The lowest BCUT2D eigenvalue weighted by Crippen LogP contribution is -2.13. The number of benzene rings is 1. The molecule has 100 valence electrons. The van der Waals surface area contributed by atoms with Gasteiger partial charge < -0.3 is 10.5 Å². The minimum atomic E-state index is -0.385. The number of carbonyl (C=O) groups excluding carboxylic acids is 1. The van der Waals surface area contributed by atoms with E-state index in [2.05, 4.69) is 14.9 Å². The highest BCUT2D eigenvalue weighted by molar-refractivity contribution is 5.78. The normalized spacial score (nSPS) is 12.1. The Balaban J connectivity index is 1.98. The van der Waals surface area contributed by atoms with Crippen molar-refractivity contribution in [2.75, 3.05) is 5.73 Å². The van der Waals surface area contributed by atoms with Gasteiger partial charge in [0.15, 0.2) is 0 Å². The molecule has 0 radical (unpaired) electrons. The molecule has 0 fully saturated rings. The van der Waals surface area contributed by atoms with Crippen LogP contribution in [-0.2, 0) is 16.1 Å². The molecule has 6 heteroatoms. The number of esters is 1. The molecule has 1 heterocycles. The molecule has 0 saturated heterocycles. The standard InChI is InChI=1S/C13H15N3O3/c1-8(10-4-3-5-11(14)6-10)13(17)18-7-12-9(2)15-19-16-12/h3-6,8H,7,14H2,1-2H3. The van der Waals surface area contributed by atoms with Crippen LogP contribution in [0.2, 0.25) is 0 Å². The number of hydrogen-bond donors (Lipinski definition) is 1. The molecule has 0 aliphatic rings. The average molecular weight is 261 g/mol. The Labute approximate surface area is 110 Å². The lowest BCUT2D eigenvalue weighted by atomic mass is 10.0. The van der Waals surface area contributed by atoms with Gasteiger partial charge in [0.2, 0.25) is 0 Å². The molecule has 1 aromatic heterocycles. The number of rotatable bonds is 4. The van der Waals surface area contributed by atoms with Crippen molar-refractivity contribution in [2.24, 2.45) is 0 Å². The average Bonchev–Trinajstić information content (AvgIpc) is 2.80. The third-order valence-corrected chi connectivity index (χ3v) is 2.86. The molecule has 1 atom stereocenters. The Morgan fingerprint density at radius 1 is 1.47 bits per heavy atom. The van der Waals surface area contributed by atoms with Gasteiger partial charge in [-0.1, -0.05) is 22.4 Å². The number of hydrogen-bond acceptors (Lipinski definition) is 6. The van der Waals surface area contributed by atoms with Gasteiger partial charge in [0.1, 0.15) is 18.0 Å². The molecule has 0 bridgehead atoms. The number of carbonyl (C=O) groups is 1. The van der Waals surface area contributed by atoms with Gasteiger partial charge in [-0.15, -0.1) is 0 Å². The van der Waals surface area contributed by atoms with E-state index in [1.807, 2.05) is 6.07 Å². The Morgan fingerprint density at radius 2 is 2.26 bits per heavy atom. The topological polar surface area (TPSA) is 91.2 Å². The second-order valence-electron chi connectivity index (χ2n) is 4.30. The van der Waals surface area contributed by atoms with Crippen molar-refractivity contribution >= 4 is 11.7 Å². The maximum Gasteiger partial charge on any atom is 0.313 e. The quantitative estimate of drug-likeness (QED) is 0.666. The molecule has 2 N–H and O–H groups in total. The second kappa shape index (κ2) is 5.51. The largest absolute Gasteiger partial charge is 0.459 e.